The van der Waals surface area contributed by atoms with Crippen molar-refractivity contribution in [2.45, 2.75) is 19.4 Å². The van der Waals surface area contributed by atoms with Gasteiger partial charge in [-0.1, -0.05) is 29.8 Å². The highest BCUT2D eigenvalue weighted by Gasteiger charge is 2.31. The summed E-state index contributed by atoms with van der Waals surface area (Å²) in [6.07, 6.45) is -0.128. The second-order valence-electron chi connectivity index (χ2n) is 5.17. The molecule has 0 aliphatic carbocycles. The van der Waals surface area contributed by atoms with Gasteiger partial charge in [-0.15, -0.1) is 11.3 Å². The topological polar surface area (TPSA) is 100 Å². The summed E-state index contributed by atoms with van der Waals surface area (Å²) in [6, 6.07) is 6.51. The standard InChI is InChI=1S/C15H14N4O3S/c1-8-2-4-9(5-3-8)11-7-23-15(17-11)18-12(20)6-10-13(21)19-14(22)16-10/h2-5,7,10H,6H2,1H3,(H,17,18,20)(H2,16,19,21,22)/t10-/m1/s1. The number of rotatable bonds is 4. The maximum absolute atomic E-state index is 11.9. The van der Waals surface area contributed by atoms with Gasteiger partial charge in [0, 0.05) is 10.9 Å². The normalized spacial score (nSPS) is 16.8. The van der Waals surface area contributed by atoms with Crippen LogP contribution in [0.25, 0.3) is 11.3 Å². The number of carbonyl (C=O) groups is 3. The first kappa shape index (κ1) is 15.2. The number of amides is 4. The highest BCUT2D eigenvalue weighted by molar-refractivity contribution is 7.14. The van der Waals surface area contributed by atoms with E-state index in [1.165, 1.54) is 11.3 Å². The number of carbonyl (C=O) groups excluding carboxylic acids is 3. The predicted molar refractivity (Wildman–Crippen MR) is 86.0 cm³/mol. The van der Waals surface area contributed by atoms with Crippen LogP contribution in [0.2, 0.25) is 0 Å². The van der Waals surface area contributed by atoms with Crippen LogP contribution in [0.5, 0.6) is 0 Å². The van der Waals surface area contributed by atoms with Crippen molar-refractivity contribution in [3.05, 3.63) is 35.2 Å². The average Bonchev–Trinajstić information content (AvgIpc) is 3.07. The van der Waals surface area contributed by atoms with Crippen molar-refractivity contribution in [1.29, 1.82) is 0 Å². The number of hydrogen-bond donors (Lipinski definition) is 3. The minimum absolute atomic E-state index is 0.128. The molecule has 1 aliphatic heterocycles. The number of imide groups is 1. The van der Waals surface area contributed by atoms with Crippen LogP contribution in [0.4, 0.5) is 9.93 Å². The third-order valence-corrected chi connectivity index (χ3v) is 4.10. The van der Waals surface area contributed by atoms with Gasteiger partial charge in [0.1, 0.15) is 6.04 Å². The highest BCUT2D eigenvalue weighted by Crippen LogP contribution is 2.25. The van der Waals surface area contributed by atoms with Crippen molar-refractivity contribution in [2.24, 2.45) is 0 Å². The van der Waals surface area contributed by atoms with Gasteiger partial charge in [0.2, 0.25) is 5.91 Å². The molecule has 3 rings (SSSR count). The number of anilines is 1. The Hall–Kier alpha value is -2.74. The van der Waals surface area contributed by atoms with Gasteiger partial charge in [0.05, 0.1) is 12.1 Å². The molecular weight excluding hydrogens is 316 g/mol. The third-order valence-electron chi connectivity index (χ3n) is 3.35. The van der Waals surface area contributed by atoms with E-state index in [1.54, 1.807) is 0 Å². The lowest BCUT2D eigenvalue weighted by Gasteiger charge is -2.06. The van der Waals surface area contributed by atoms with Gasteiger partial charge in [0.25, 0.3) is 5.91 Å². The van der Waals surface area contributed by atoms with Gasteiger partial charge in [-0.05, 0) is 6.92 Å². The maximum atomic E-state index is 11.9. The smallest absolute Gasteiger partial charge is 0.322 e. The van der Waals surface area contributed by atoms with E-state index >= 15 is 0 Å². The number of nitrogens with one attached hydrogen (secondary N) is 3. The number of benzene rings is 1. The molecule has 23 heavy (non-hydrogen) atoms. The number of urea groups is 1. The highest BCUT2D eigenvalue weighted by atomic mass is 32.1. The fourth-order valence-electron chi connectivity index (χ4n) is 2.15. The fraction of sp³-hybridized carbons (Fsp3) is 0.200. The number of thiazole rings is 1. The molecule has 2 aromatic rings. The lowest BCUT2D eigenvalue weighted by atomic mass is 10.1. The van der Waals surface area contributed by atoms with E-state index in [-0.39, 0.29) is 12.3 Å². The quantitative estimate of drug-likeness (QED) is 0.742. The van der Waals surface area contributed by atoms with Crippen LogP contribution in [0.3, 0.4) is 0 Å². The first-order chi connectivity index (χ1) is 11.0. The Morgan fingerprint density at radius 1 is 1.30 bits per heavy atom. The van der Waals surface area contributed by atoms with E-state index in [4.69, 9.17) is 0 Å². The number of aryl methyl sites for hydroxylation is 1. The molecule has 0 unspecified atom stereocenters. The molecule has 0 spiro atoms. The first-order valence-electron chi connectivity index (χ1n) is 6.95. The first-order valence-corrected chi connectivity index (χ1v) is 7.83. The van der Waals surface area contributed by atoms with Gasteiger partial charge in [-0.3, -0.25) is 14.9 Å². The van der Waals surface area contributed by atoms with Crippen molar-refractivity contribution in [3.63, 3.8) is 0 Å². The molecule has 118 valence electrons. The maximum Gasteiger partial charge on any atom is 0.322 e. The van der Waals surface area contributed by atoms with Crippen LogP contribution < -0.4 is 16.0 Å². The second kappa shape index (κ2) is 6.17. The SMILES string of the molecule is Cc1ccc(-c2csc(NC(=O)C[C@H]3NC(=O)NC3=O)n2)cc1. The van der Waals surface area contributed by atoms with Gasteiger partial charge in [0.15, 0.2) is 5.13 Å². The van der Waals surface area contributed by atoms with Gasteiger partial charge < -0.3 is 10.6 Å². The van der Waals surface area contributed by atoms with Crippen molar-refractivity contribution < 1.29 is 14.4 Å². The predicted octanol–water partition coefficient (Wildman–Crippen LogP) is 1.66. The Kier molecular flexibility index (Phi) is 4.07. The second-order valence-corrected chi connectivity index (χ2v) is 6.03. The van der Waals surface area contributed by atoms with Crippen LogP contribution in [-0.2, 0) is 9.59 Å². The van der Waals surface area contributed by atoms with Crippen molar-refractivity contribution in [2.75, 3.05) is 5.32 Å². The summed E-state index contributed by atoms with van der Waals surface area (Å²) in [5.41, 5.74) is 2.90. The lowest BCUT2D eigenvalue weighted by Crippen LogP contribution is -2.33. The molecule has 0 saturated carbocycles. The Morgan fingerprint density at radius 3 is 2.70 bits per heavy atom. The van der Waals surface area contributed by atoms with E-state index in [0.29, 0.717) is 5.13 Å². The zero-order valence-electron chi connectivity index (χ0n) is 12.3. The minimum atomic E-state index is -0.834. The molecule has 1 aromatic heterocycles. The molecule has 2 heterocycles. The van der Waals surface area contributed by atoms with E-state index < -0.39 is 18.0 Å². The Bertz CT molecular complexity index is 769. The number of aromatic nitrogens is 1. The minimum Gasteiger partial charge on any atom is -0.325 e. The molecule has 1 atom stereocenters. The van der Waals surface area contributed by atoms with Crippen LogP contribution in [0.1, 0.15) is 12.0 Å². The summed E-state index contributed by atoms with van der Waals surface area (Å²) in [7, 11) is 0. The molecule has 0 bridgehead atoms. The molecular formula is C15H14N4O3S. The number of hydrogen-bond acceptors (Lipinski definition) is 5. The monoisotopic (exact) mass is 330 g/mol. The van der Waals surface area contributed by atoms with E-state index in [2.05, 4.69) is 20.9 Å². The molecule has 1 saturated heterocycles. The largest absolute Gasteiger partial charge is 0.325 e. The van der Waals surface area contributed by atoms with Crippen LogP contribution >= 0.6 is 11.3 Å². The van der Waals surface area contributed by atoms with Crippen LogP contribution in [-0.4, -0.2) is 28.9 Å². The van der Waals surface area contributed by atoms with Crippen LogP contribution in [0, 0.1) is 6.92 Å². The van der Waals surface area contributed by atoms with Gasteiger partial charge >= 0.3 is 6.03 Å². The van der Waals surface area contributed by atoms with Crippen LogP contribution in [0.15, 0.2) is 29.6 Å². The molecule has 1 fully saturated rings. The molecule has 1 aromatic carbocycles. The fourth-order valence-corrected chi connectivity index (χ4v) is 2.88. The van der Waals surface area contributed by atoms with Crippen molar-refractivity contribution in [3.8, 4) is 11.3 Å². The Morgan fingerprint density at radius 2 is 2.04 bits per heavy atom. The lowest BCUT2D eigenvalue weighted by molar-refractivity contribution is -0.124. The van der Waals surface area contributed by atoms with Gasteiger partial charge in [-0.25, -0.2) is 9.78 Å². The average molecular weight is 330 g/mol. The van der Waals surface area contributed by atoms with E-state index in [0.717, 1.165) is 16.8 Å². The molecule has 7 nitrogen and oxygen atoms in total. The zero-order valence-corrected chi connectivity index (χ0v) is 13.1. The molecule has 8 heteroatoms. The molecule has 3 N–H and O–H groups in total. The summed E-state index contributed by atoms with van der Waals surface area (Å²) in [4.78, 5) is 38.7. The van der Waals surface area contributed by atoms with Crippen molar-refractivity contribution >= 4 is 34.3 Å². The van der Waals surface area contributed by atoms with Gasteiger partial charge in [-0.2, -0.15) is 0 Å². The number of nitrogens with zero attached hydrogens (tertiary/aromatic N) is 1. The molecule has 4 amide bonds. The Labute approximate surface area is 136 Å². The molecule has 1 aliphatic rings. The molecule has 0 radical (unpaired) electrons. The van der Waals surface area contributed by atoms with Crippen molar-refractivity contribution in [1.82, 2.24) is 15.6 Å². The zero-order chi connectivity index (χ0) is 16.4. The third kappa shape index (κ3) is 3.54. The summed E-state index contributed by atoms with van der Waals surface area (Å²) in [5, 5.41) is 9.41. The Balaban J connectivity index is 1.62. The summed E-state index contributed by atoms with van der Waals surface area (Å²) >= 11 is 1.31. The summed E-state index contributed by atoms with van der Waals surface area (Å²) < 4.78 is 0. The summed E-state index contributed by atoms with van der Waals surface area (Å²) in [5.74, 6) is -0.873. The summed E-state index contributed by atoms with van der Waals surface area (Å²) in [6.45, 7) is 2.01. The van der Waals surface area contributed by atoms with E-state index in [1.807, 2.05) is 36.6 Å². The van der Waals surface area contributed by atoms with E-state index in [9.17, 15) is 14.4 Å².